The first kappa shape index (κ1) is 12.5. The van der Waals surface area contributed by atoms with Gasteiger partial charge in [0.25, 0.3) is 0 Å². The average molecular weight is 205 g/mol. The van der Waals surface area contributed by atoms with Crippen molar-refractivity contribution in [2.24, 2.45) is 5.73 Å². The number of amides is 1. The minimum atomic E-state index is -1.22. The van der Waals surface area contributed by atoms with E-state index >= 15 is 0 Å². The minimum absolute atomic E-state index is 0.342. The lowest BCUT2D eigenvalue weighted by Gasteiger charge is -2.20. The van der Waals surface area contributed by atoms with Gasteiger partial charge in [-0.05, 0) is 12.8 Å². The molecule has 0 saturated heterocycles. The summed E-state index contributed by atoms with van der Waals surface area (Å²) in [6.45, 7) is 3.47. The van der Waals surface area contributed by atoms with E-state index in [9.17, 15) is 15.0 Å². The van der Waals surface area contributed by atoms with Gasteiger partial charge >= 0.3 is 0 Å². The van der Waals surface area contributed by atoms with Gasteiger partial charge in [-0.15, -0.1) is 6.58 Å². The highest BCUT2D eigenvalue weighted by molar-refractivity contribution is 7.81. The summed E-state index contributed by atoms with van der Waals surface area (Å²) in [6.07, 6.45) is 0.314. The van der Waals surface area contributed by atoms with E-state index in [2.05, 4.69) is 19.2 Å². The van der Waals surface area contributed by atoms with Crippen molar-refractivity contribution in [3.63, 3.8) is 0 Å². The largest absolute Gasteiger partial charge is 0.390 e. The Labute approximate surface area is 82.8 Å². The maximum atomic E-state index is 10.6. The normalized spacial score (nSPS) is 17.5. The van der Waals surface area contributed by atoms with Gasteiger partial charge in [-0.1, -0.05) is 6.08 Å². The van der Waals surface area contributed by atoms with E-state index in [-0.39, 0.29) is 0 Å². The van der Waals surface area contributed by atoms with Crippen LogP contribution in [0.1, 0.15) is 12.8 Å². The van der Waals surface area contributed by atoms with E-state index < -0.39 is 23.4 Å². The molecule has 0 aromatic rings. The van der Waals surface area contributed by atoms with Gasteiger partial charge in [-0.25, -0.2) is 0 Å². The van der Waals surface area contributed by atoms with Gasteiger partial charge < -0.3 is 15.9 Å². The minimum Gasteiger partial charge on any atom is -0.390 e. The summed E-state index contributed by atoms with van der Waals surface area (Å²) in [5.74, 6) is -0.742. The van der Waals surface area contributed by atoms with Crippen molar-refractivity contribution >= 4 is 18.5 Å². The topological polar surface area (TPSA) is 83.6 Å². The first-order chi connectivity index (χ1) is 6.00. The highest BCUT2D eigenvalue weighted by Crippen LogP contribution is 2.10. The molecule has 0 radical (unpaired) electrons. The number of allylic oxidation sites excluding steroid dienone is 1. The molecule has 1 amide bonds. The molecule has 3 atom stereocenters. The van der Waals surface area contributed by atoms with Crippen LogP contribution in [0.5, 0.6) is 0 Å². The number of hydrogen-bond acceptors (Lipinski definition) is 4. The number of hydrogen-bond donors (Lipinski definition) is 4. The third kappa shape index (κ3) is 4.31. The lowest BCUT2D eigenvalue weighted by Crippen LogP contribution is -2.42. The van der Waals surface area contributed by atoms with Gasteiger partial charge in [-0.3, -0.25) is 4.79 Å². The maximum absolute atomic E-state index is 10.6. The summed E-state index contributed by atoms with van der Waals surface area (Å²) in [7, 11) is 0. The van der Waals surface area contributed by atoms with Gasteiger partial charge in [0.1, 0.15) is 11.4 Å². The van der Waals surface area contributed by atoms with Crippen molar-refractivity contribution < 1.29 is 15.0 Å². The molecule has 0 aromatic carbocycles. The molecule has 0 aliphatic heterocycles. The van der Waals surface area contributed by atoms with Crippen molar-refractivity contribution in [2.75, 3.05) is 0 Å². The number of rotatable bonds is 6. The number of nitrogens with two attached hydrogens (primary N) is 1. The van der Waals surface area contributed by atoms with Gasteiger partial charge in [0.15, 0.2) is 0 Å². The van der Waals surface area contributed by atoms with E-state index in [4.69, 9.17) is 5.73 Å². The Morgan fingerprint density at radius 1 is 1.62 bits per heavy atom. The molecule has 0 spiro atoms. The molecule has 0 unspecified atom stereocenters. The molecular weight excluding hydrogens is 190 g/mol. The molecule has 0 aliphatic carbocycles. The van der Waals surface area contributed by atoms with Gasteiger partial charge in [0.2, 0.25) is 5.91 Å². The molecule has 0 bridgehead atoms. The molecule has 0 fully saturated rings. The summed E-state index contributed by atoms with van der Waals surface area (Å²) < 4.78 is 0. The smallest absolute Gasteiger partial charge is 0.233 e. The zero-order chi connectivity index (χ0) is 10.4. The Morgan fingerprint density at radius 3 is 2.54 bits per heavy atom. The van der Waals surface area contributed by atoms with Crippen LogP contribution in [-0.2, 0) is 4.79 Å². The second-order valence-corrected chi connectivity index (χ2v) is 3.33. The Balaban J connectivity index is 4.00. The summed E-state index contributed by atoms with van der Waals surface area (Å²) >= 11 is 3.77. The van der Waals surface area contributed by atoms with Crippen LogP contribution in [0, 0.1) is 0 Å². The number of aliphatic hydroxyl groups excluding tert-OH is 2. The quantitative estimate of drug-likeness (QED) is 0.347. The Morgan fingerprint density at radius 2 is 2.15 bits per heavy atom. The van der Waals surface area contributed by atoms with Gasteiger partial charge in [-0.2, -0.15) is 12.6 Å². The highest BCUT2D eigenvalue weighted by atomic mass is 32.1. The monoisotopic (exact) mass is 205 g/mol. The highest BCUT2D eigenvalue weighted by Gasteiger charge is 2.26. The molecule has 76 valence electrons. The van der Waals surface area contributed by atoms with Crippen LogP contribution in [0.4, 0.5) is 0 Å². The molecule has 13 heavy (non-hydrogen) atoms. The fourth-order valence-corrected chi connectivity index (χ4v) is 1.04. The lowest BCUT2D eigenvalue weighted by atomic mass is 10.1. The van der Waals surface area contributed by atoms with E-state index in [1.807, 2.05) is 0 Å². The number of thiol groups is 1. The predicted octanol–water partition coefficient (Wildman–Crippen LogP) is -0.542. The van der Waals surface area contributed by atoms with Gasteiger partial charge in [0.05, 0.1) is 6.10 Å². The predicted molar refractivity (Wildman–Crippen MR) is 53.4 cm³/mol. The molecule has 0 rings (SSSR count). The van der Waals surface area contributed by atoms with Crippen LogP contribution >= 0.6 is 12.6 Å². The summed E-state index contributed by atoms with van der Waals surface area (Å²) in [5, 5.41) is 17.6. The van der Waals surface area contributed by atoms with Crippen LogP contribution < -0.4 is 5.73 Å². The number of carbonyl (C=O) groups excluding carboxylic acids is 1. The third-order valence-electron chi connectivity index (χ3n) is 1.68. The lowest BCUT2D eigenvalue weighted by molar-refractivity contribution is -0.120. The van der Waals surface area contributed by atoms with E-state index in [0.717, 1.165) is 0 Å². The average Bonchev–Trinajstić information content (AvgIpc) is 2.11. The van der Waals surface area contributed by atoms with Crippen molar-refractivity contribution in [1.29, 1.82) is 0 Å². The zero-order valence-corrected chi connectivity index (χ0v) is 8.15. The third-order valence-corrected chi connectivity index (χ3v) is 2.24. The summed E-state index contributed by atoms with van der Waals surface area (Å²) in [5.41, 5.74) is 4.90. The van der Waals surface area contributed by atoms with Crippen molar-refractivity contribution in [2.45, 2.75) is 30.3 Å². The fourth-order valence-electron chi connectivity index (χ4n) is 0.838. The second-order valence-electron chi connectivity index (χ2n) is 2.77. The number of carbonyl (C=O) groups is 1. The Kier molecular flexibility index (Phi) is 5.77. The standard InChI is InChI=1S/C8H15NO3S/c1-2-3-4-5(10)6(11)7(13)8(9)12/h2,5-7,10-11,13H,1,3-4H2,(H2,9,12)/t5-,6-,7+/m1/s1. The molecular formula is C8H15NO3S. The van der Waals surface area contributed by atoms with Crippen molar-refractivity contribution in [3.05, 3.63) is 12.7 Å². The molecule has 4 N–H and O–H groups in total. The fraction of sp³-hybridized carbons (Fsp3) is 0.625. The number of aliphatic hydroxyl groups is 2. The molecule has 4 nitrogen and oxygen atoms in total. The first-order valence-corrected chi connectivity index (χ1v) is 4.46. The first-order valence-electron chi connectivity index (χ1n) is 3.95. The van der Waals surface area contributed by atoms with Crippen LogP contribution in [-0.4, -0.2) is 33.6 Å². The van der Waals surface area contributed by atoms with Crippen LogP contribution in [0.25, 0.3) is 0 Å². The molecule has 0 aromatic heterocycles. The van der Waals surface area contributed by atoms with E-state index in [1.54, 1.807) is 6.08 Å². The Hall–Kier alpha value is -0.520. The SMILES string of the molecule is C=CCC[C@@H](O)[C@@H](O)[C@H](S)C(N)=O. The molecule has 0 heterocycles. The summed E-state index contributed by atoms with van der Waals surface area (Å²) in [4.78, 5) is 10.6. The van der Waals surface area contributed by atoms with Crippen molar-refractivity contribution in [1.82, 2.24) is 0 Å². The van der Waals surface area contributed by atoms with Crippen molar-refractivity contribution in [3.8, 4) is 0 Å². The molecule has 0 aliphatic rings. The zero-order valence-electron chi connectivity index (χ0n) is 7.26. The van der Waals surface area contributed by atoms with Crippen LogP contribution in [0.3, 0.4) is 0 Å². The van der Waals surface area contributed by atoms with E-state index in [1.165, 1.54) is 0 Å². The number of primary amides is 1. The molecule has 5 heteroatoms. The van der Waals surface area contributed by atoms with E-state index in [0.29, 0.717) is 12.8 Å². The summed E-state index contributed by atoms with van der Waals surface area (Å²) in [6, 6.07) is 0. The molecule has 0 saturated carbocycles. The second kappa shape index (κ2) is 6.01. The van der Waals surface area contributed by atoms with Crippen LogP contribution in [0.15, 0.2) is 12.7 Å². The Bertz CT molecular complexity index is 186. The van der Waals surface area contributed by atoms with Gasteiger partial charge in [0, 0.05) is 0 Å². The maximum Gasteiger partial charge on any atom is 0.233 e. The van der Waals surface area contributed by atoms with Crippen LogP contribution in [0.2, 0.25) is 0 Å².